The van der Waals surface area contributed by atoms with Crippen molar-refractivity contribution in [2.24, 2.45) is 5.92 Å². The second kappa shape index (κ2) is 12.3. The van der Waals surface area contributed by atoms with Gasteiger partial charge < -0.3 is 14.2 Å². The van der Waals surface area contributed by atoms with Crippen LogP contribution in [0, 0.1) is 23.1 Å². The van der Waals surface area contributed by atoms with E-state index in [1.54, 1.807) is 12.1 Å². The SMILES string of the molecule is CCCCCCCCC1COC(c2ccc(C(=O)Oc3ccc(C#N)cc3)cc2F)OC1. The number of hydrogen-bond donors (Lipinski definition) is 0. The van der Waals surface area contributed by atoms with Crippen LogP contribution in [0.5, 0.6) is 5.75 Å². The zero-order valence-corrected chi connectivity index (χ0v) is 18.5. The molecule has 1 heterocycles. The van der Waals surface area contributed by atoms with E-state index in [2.05, 4.69) is 6.92 Å². The Kier molecular flexibility index (Phi) is 9.21. The molecule has 0 bridgehead atoms. The van der Waals surface area contributed by atoms with E-state index < -0.39 is 18.1 Å². The van der Waals surface area contributed by atoms with Crippen LogP contribution >= 0.6 is 0 Å². The molecule has 1 aliphatic rings. The third-order valence-corrected chi connectivity index (χ3v) is 5.62. The topological polar surface area (TPSA) is 68.5 Å². The summed E-state index contributed by atoms with van der Waals surface area (Å²) in [5.41, 5.74) is 0.826. The van der Waals surface area contributed by atoms with Crippen molar-refractivity contribution >= 4 is 5.97 Å². The molecule has 3 rings (SSSR count). The van der Waals surface area contributed by atoms with Crippen LogP contribution in [0.25, 0.3) is 0 Å². The fourth-order valence-corrected chi connectivity index (χ4v) is 3.71. The largest absolute Gasteiger partial charge is 0.423 e. The molecule has 32 heavy (non-hydrogen) atoms. The van der Waals surface area contributed by atoms with Gasteiger partial charge in [-0.25, -0.2) is 9.18 Å². The number of unbranched alkanes of at least 4 members (excludes halogenated alkanes) is 5. The van der Waals surface area contributed by atoms with Crippen LogP contribution in [0.1, 0.15) is 79.6 Å². The summed E-state index contributed by atoms with van der Waals surface area (Å²) < 4.78 is 31.5. The maximum absolute atomic E-state index is 14.7. The molecule has 0 N–H and O–H groups in total. The summed E-state index contributed by atoms with van der Waals surface area (Å²) in [6, 6.07) is 12.3. The first-order chi connectivity index (χ1) is 15.6. The smallest absolute Gasteiger partial charge is 0.343 e. The number of carbonyl (C=O) groups excluding carboxylic acids is 1. The molecule has 0 amide bonds. The molecule has 2 aromatic carbocycles. The molecule has 170 valence electrons. The van der Waals surface area contributed by atoms with Crippen molar-refractivity contribution in [2.45, 2.75) is 58.2 Å². The summed E-state index contributed by atoms with van der Waals surface area (Å²) in [4.78, 5) is 12.3. The highest BCUT2D eigenvalue weighted by Gasteiger charge is 2.26. The van der Waals surface area contributed by atoms with Crippen LogP contribution in [0.2, 0.25) is 0 Å². The number of ether oxygens (including phenoxy) is 3. The Morgan fingerprint density at radius 3 is 2.41 bits per heavy atom. The molecule has 0 atom stereocenters. The number of nitrogens with zero attached hydrogens (tertiary/aromatic N) is 1. The Labute approximate surface area is 189 Å². The highest BCUT2D eigenvalue weighted by atomic mass is 19.1. The summed E-state index contributed by atoms with van der Waals surface area (Å²) in [7, 11) is 0. The Bertz CT molecular complexity index is 914. The first kappa shape index (κ1) is 23.9. The predicted molar refractivity (Wildman–Crippen MR) is 119 cm³/mol. The van der Waals surface area contributed by atoms with E-state index in [9.17, 15) is 9.18 Å². The van der Waals surface area contributed by atoms with E-state index in [0.717, 1.165) is 18.9 Å². The standard InChI is InChI=1S/C26H30FNO4/c1-2-3-4-5-6-7-8-20-17-30-26(31-18-20)23-14-11-21(15-24(23)27)25(29)32-22-12-9-19(16-28)10-13-22/h9-15,20,26H,2-8,17-18H2,1H3. The van der Waals surface area contributed by atoms with E-state index >= 15 is 0 Å². The Morgan fingerprint density at radius 1 is 1.06 bits per heavy atom. The maximum Gasteiger partial charge on any atom is 0.343 e. The fraction of sp³-hybridized carbons (Fsp3) is 0.462. The number of hydrogen-bond acceptors (Lipinski definition) is 5. The number of esters is 1. The van der Waals surface area contributed by atoms with Crippen LogP contribution in [0.3, 0.4) is 0 Å². The average Bonchev–Trinajstić information content (AvgIpc) is 2.82. The van der Waals surface area contributed by atoms with Gasteiger partial charge in [-0.05, 0) is 42.8 Å². The number of rotatable bonds is 10. The molecule has 5 nitrogen and oxygen atoms in total. The lowest BCUT2D eigenvalue weighted by molar-refractivity contribution is -0.207. The van der Waals surface area contributed by atoms with Gasteiger partial charge in [-0.1, -0.05) is 51.5 Å². The van der Waals surface area contributed by atoms with Crippen molar-refractivity contribution < 1.29 is 23.4 Å². The summed E-state index contributed by atoms with van der Waals surface area (Å²) in [5, 5.41) is 8.82. The number of benzene rings is 2. The van der Waals surface area contributed by atoms with Crippen molar-refractivity contribution in [3.63, 3.8) is 0 Å². The van der Waals surface area contributed by atoms with Gasteiger partial charge in [0.05, 0.1) is 30.4 Å². The van der Waals surface area contributed by atoms with Crippen molar-refractivity contribution in [1.29, 1.82) is 5.26 Å². The molecule has 1 fully saturated rings. The van der Waals surface area contributed by atoms with Crippen molar-refractivity contribution in [2.75, 3.05) is 13.2 Å². The lowest BCUT2D eigenvalue weighted by Crippen LogP contribution is -2.27. The van der Waals surface area contributed by atoms with Crippen LogP contribution in [0.4, 0.5) is 4.39 Å². The van der Waals surface area contributed by atoms with E-state index in [1.165, 1.54) is 56.4 Å². The van der Waals surface area contributed by atoms with E-state index in [1.807, 2.05) is 6.07 Å². The van der Waals surface area contributed by atoms with Crippen molar-refractivity contribution in [3.8, 4) is 11.8 Å². The van der Waals surface area contributed by atoms with Gasteiger partial charge in [0.2, 0.25) is 0 Å². The van der Waals surface area contributed by atoms with Gasteiger partial charge in [-0.3, -0.25) is 0 Å². The highest BCUT2D eigenvalue weighted by Crippen LogP contribution is 2.29. The zero-order chi connectivity index (χ0) is 22.8. The van der Waals surface area contributed by atoms with Gasteiger partial charge in [0.1, 0.15) is 11.6 Å². The van der Waals surface area contributed by atoms with Gasteiger partial charge in [-0.2, -0.15) is 5.26 Å². The fourth-order valence-electron chi connectivity index (χ4n) is 3.71. The minimum Gasteiger partial charge on any atom is -0.423 e. The molecule has 1 aliphatic heterocycles. The van der Waals surface area contributed by atoms with Gasteiger partial charge in [0, 0.05) is 11.5 Å². The highest BCUT2D eigenvalue weighted by molar-refractivity contribution is 5.91. The molecule has 0 unspecified atom stereocenters. The summed E-state index contributed by atoms with van der Waals surface area (Å²) in [6.45, 7) is 3.30. The second-order valence-electron chi connectivity index (χ2n) is 8.18. The zero-order valence-electron chi connectivity index (χ0n) is 18.5. The lowest BCUT2D eigenvalue weighted by Gasteiger charge is -2.30. The summed E-state index contributed by atoms with van der Waals surface area (Å²) >= 11 is 0. The first-order valence-electron chi connectivity index (χ1n) is 11.4. The third kappa shape index (κ3) is 6.88. The molecule has 0 aromatic heterocycles. The number of carbonyl (C=O) groups is 1. The van der Waals surface area contributed by atoms with Crippen LogP contribution in [-0.2, 0) is 9.47 Å². The molecule has 0 saturated carbocycles. The summed E-state index contributed by atoms with van der Waals surface area (Å²) in [6.07, 6.45) is 7.81. The minimum absolute atomic E-state index is 0.0902. The normalized spacial score (nSPS) is 18.2. The predicted octanol–water partition coefficient (Wildman–Crippen LogP) is 6.33. The van der Waals surface area contributed by atoms with E-state index in [4.69, 9.17) is 19.5 Å². The Balaban J connectivity index is 1.48. The quantitative estimate of drug-likeness (QED) is 0.246. The molecule has 1 saturated heterocycles. The maximum atomic E-state index is 14.7. The van der Waals surface area contributed by atoms with Crippen LogP contribution in [0.15, 0.2) is 42.5 Å². The summed E-state index contributed by atoms with van der Waals surface area (Å²) in [5.74, 6) is -0.626. The monoisotopic (exact) mass is 439 g/mol. The first-order valence-corrected chi connectivity index (χ1v) is 11.4. The number of nitriles is 1. The van der Waals surface area contributed by atoms with E-state index in [-0.39, 0.29) is 16.9 Å². The Hall–Kier alpha value is -2.75. The van der Waals surface area contributed by atoms with Crippen LogP contribution in [-0.4, -0.2) is 19.2 Å². The van der Waals surface area contributed by atoms with Gasteiger partial charge in [0.15, 0.2) is 6.29 Å². The van der Waals surface area contributed by atoms with Gasteiger partial charge in [-0.15, -0.1) is 0 Å². The average molecular weight is 440 g/mol. The van der Waals surface area contributed by atoms with Gasteiger partial charge >= 0.3 is 5.97 Å². The third-order valence-electron chi connectivity index (χ3n) is 5.62. The molecular formula is C26H30FNO4. The van der Waals surface area contributed by atoms with E-state index in [0.29, 0.717) is 24.7 Å². The molecule has 2 aromatic rings. The lowest BCUT2D eigenvalue weighted by atomic mass is 10.0. The van der Waals surface area contributed by atoms with Gasteiger partial charge in [0.25, 0.3) is 0 Å². The number of halogens is 1. The second-order valence-corrected chi connectivity index (χ2v) is 8.18. The Morgan fingerprint density at radius 2 is 1.75 bits per heavy atom. The molecule has 6 heteroatoms. The molecule has 0 radical (unpaired) electrons. The molecule has 0 spiro atoms. The minimum atomic E-state index is -0.764. The van der Waals surface area contributed by atoms with Crippen molar-refractivity contribution in [1.82, 2.24) is 0 Å². The van der Waals surface area contributed by atoms with Crippen molar-refractivity contribution in [3.05, 3.63) is 65.0 Å². The molecular weight excluding hydrogens is 409 g/mol. The van der Waals surface area contributed by atoms with Crippen LogP contribution < -0.4 is 4.74 Å². The molecule has 0 aliphatic carbocycles.